The Morgan fingerprint density at radius 1 is 1.30 bits per heavy atom. The van der Waals surface area contributed by atoms with Crippen LogP contribution in [0.1, 0.15) is 77.6 Å². The molecule has 1 N–H and O–H groups in total. The molecule has 1 aromatic rings. The Morgan fingerprint density at radius 2 is 2.04 bits per heavy atom. The number of hydrogen-bond acceptors (Lipinski definition) is 4. The number of amides is 1. The molecule has 1 aliphatic carbocycles. The van der Waals surface area contributed by atoms with Crippen LogP contribution < -0.4 is 5.32 Å². The first-order valence-corrected chi connectivity index (χ1v) is 9.16. The minimum atomic E-state index is 0.203. The van der Waals surface area contributed by atoms with Gasteiger partial charge in [0.1, 0.15) is 0 Å². The number of hydrogen-bond donors (Lipinski definition) is 1. The zero-order valence-electron chi connectivity index (χ0n) is 14.8. The Hall–Kier alpha value is -1.46. The molecule has 0 aliphatic heterocycles. The van der Waals surface area contributed by atoms with E-state index in [2.05, 4.69) is 41.6 Å². The lowest BCUT2D eigenvalue weighted by Crippen LogP contribution is -2.34. The smallest absolute Gasteiger partial charge is 0.223 e. The summed E-state index contributed by atoms with van der Waals surface area (Å²) in [5, 5.41) is 14.8. The quantitative estimate of drug-likeness (QED) is 0.799. The van der Waals surface area contributed by atoms with Crippen LogP contribution >= 0.6 is 0 Å². The zero-order chi connectivity index (χ0) is 16.7. The average molecular weight is 321 g/mol. The van der Waals surface area contributed by atoms with E-state index < -0.39 is 0 Å². The number of unbranched alkanes of at least 4 members (excludes halogenated alkanes) is 1. The van der Waals surface area contributed by atoms with E-state index in [-0.39, 0.29) is 17.9 Å². The van der Waals surface area contributed by atoms with Crippen molar-refractivity contribution in [3.05, 3.63) is 5.82 Å². The molecule has 2 rings (SSSR count). The van der Waals surface area contributed by atoms with Gasteiger partial charge >= 0.3 is 0 Å². The summed E-state index contributed by atoms with van der Waals surface area (Å²) in [4.78, 5) is 12.3. The number of carbonyl (C=O) groups excluding carboxylic acids is 1. The molecule has 0 radical (unpaired) electrons. The van der Waals surface area contributed by atoms with Crippen molar-refractivity contribution in [3.8, 4) is 0 Å². The van der Waals surface area contributed by atoms with E-state index in [0.29, 0.717) is 13.0 Å². The molecule has 1 amide bonds. The molecule has 6 heteroatoms. The van der Waals surface area contributed by atoms with Crippen LogP contribution in [0.2, 0.25) is 0 Å². The van der Waals surface area contributed by atoms with Gasteiger partial charge in [-0.2, -0.15) is 0 Å². The molecule has 0 aromatic carbocycles. The molecule has 1 aromatic heterocycles. The standard InChI is InChI=1S/C17H31N5O/c1-4-5-6-14-7-9-15(10-8-14)17(23)18-12-11-16-19-20-21-22(16)13(2)3/h13-15H,4-12H2,1-3H3,(H,18,23). The van der Waals surface area contributed by atoms with Crippen LogP contribution in [0.3, 0.4) is 0 Å². The predicted octanol–water partition coefficient (Wildman–Crippen LogP) is 2.91. The molecule has 6 nitrogen and oxygen atoms in total. The van der Waals surface area contributed by atoms with Gasteiger partial charge in [-0.1, -0.05) is 26.2 Å². The van der Waals surface area contributed by atoms with Gasteiger partial charge in [0.15, 0.2) is 5.82 Å². The molecule has 130 valence electrons. The molecular formula is C17H31N5O. The third-order valence-electron chi connectivity index (χ3n) is 4.88. The topological polar surface area (TPSA) is 72.7 Å². The molecule has 0 saturated heterocycles. The van der Waals surface area contributed by atoms with Crippen LogP contribution in [-0.4, -0.2) is 32.7 Å². The van der Waals surface area contributed by atoms with E-state index in [9.17, 15) is 4.79 Å². The van der Waals surface area contributed by atoms with Gasteiger partial charge in [0, 0.05) is 18.9 Å². The molecule has 0 atom stereocenters. The van der Waals surface area contributed by atoms with E-state index in [0.717, 1.165) is 24.6 Å². The minimum Gasteiger partial charge on any atom is -0.355 e. The Bertz CT molecular complexity index is 477. The van der Waals surface area contributed by atoms with Gasteiger partial charge in [0.25, 0.3) is 0 Å². The Labute approximate surface area is 139 Å². The number of nitrogens with zero attached hydrogens (tertiary/aromatic N) is 4. The summed E-state index contributed by atoms with van der Waals surface area (Å²) >= 11 is 0. The SMILES string of the molecule is CCCCC1CCC(C(=O)NCCc2nnnn2C(C)C)CC1. The van der Waals surface area contributed by atoms with Gasteiger partial charge in [-0.15, -0.1) is 5.10 Å². The normalized spacial score (nSPS) is 21.6. The molecule has 23 heavy (non-hydrogen) atoms. The van der Waals surface area contributed by atoms with Crippen molar-refractivity contribution in [1.82, 2.24) is 25.5 Å². The van der Waals surface area contributed by atoms with Crippen molar-refractivity contribution in [2.45, 2.75) is 78.2 Å². The van der Waals surface area contributed by atoms with Crippen LogP contribution in [-0.2, 0) is 11.2 Å². The highest BCUT2D eigenvalue weighted by atomic mass is 16.1. The monoisotopic (exact) mass is 321 g/mol. The lowest BCUT2D eigenvalue weighted by molar-refractivity contribution is -0.126. The second-order valence-corrected chi connectivity index (χ2v) is 7.03. The predicted molar refractivity (Wildman–Crippen MR) is 89.9 cm³/mol. The number of rotatable bonds is 8. The first-order valence-electron chi connectivity index (χ1n) is 9.16. The largest absolute Gasteiger partial charge is 0.355 e. The van der Waals surface area contributed by atoms with Gasteiger partial charge in [-0.05, 0) is 55.9 Å². The summed E-state index contributed by atoms with van der Waals surface area (Å²) in [6.45, 7) is 6.96. The first kappa shape index (κ1) is 17.9. The highest BCUT2D eigenvalue weighted by Crippen LogP contribution is 2.31. The third kappa shape index (κ3) is 5.29. The molecular weight excluding hydrogens is 290 g/mol. The summed E-state index contributed by atoms with van der Waals surface area (Å²) in [7, 11) is 0. The fourth-order valence-corrected chi connectivity index (χ4v) is 3.43. The van der Waals surface area contributed by atoms with Gasteiger partial charge in [0.05, 0.1) is 6.04 Å². The van der Waals surface area contributed by atoms with Gasteiger partial charge in [-0.3, -0.25) is 4.79 Å². The fraction of sp³-hybridized carbons (Fsp3) is 0.882. The van der Waals surface area contributed by atoms with Crippen molar-refractivity contribution in [1.29, 1.82) is 0 Å². The molecule has 1 aliphatic rings. The van der Waals surface area contributed by atoms with Gasteiger partial charge in [0.2, 0.25) is 5.91 Å². The summed E-state index contributed by atoms with van der Waals surface area (Å²) in [6, 6.07) is 0.245. The number of aromatic nitrogens is 4. The van der Waals surface area contributed by atoms with E-state index in [1.165, 1.54) is 32.1 Å². The van der Waals surface area contributed by atoms with Crippen LogP contribution in [0.15, 0.2) is 0 Å². The maximum absolute atomic E-state index is 12.3. The number of carbonyl (C=O) groups is 1. The molecule has 0 spiro atoms. The van der Waals surface area contributed by atoms with Crippen molar-refractivity contribution in [2.75, 3.05) is 6.54 Å². The van der Waals surface area contributed by atoms with Crippen molar-refractivity contribution < 1.29 is 4.79 Å². The minimum absolute atomic E-state index is 0.203. The van der Waals surface area contributed by atoms with Crippen LogP contribution in [0, 0.1) is 11.8 Å². The van der Waals surface area contributed by atoms with Crippen LogP contribution in [0.5, 0.6) is 0 Å². The maximum Gasteiger partial charge on any atom is 0.223 e. The van der Waals surface area contributed by atoms with Crippen LogP contribution in [0.4, 0.5) is 0 Å². The molecule has 0 unspecified atom stereocenters. The molecule has 1 heterocycles. The summed E-state index contributed by atoms with van der Waals surface area (Å²) in [5.74, 6) is 2.09. The van der Waals surface area contributed by atoms with Gasteiger partial charge < -0.3 is 5.32 Å². The lowest BCUT2D eigenvalue weighted by atomic mass is 9.79. The average Bonchev–Trinajstić information content (AvgIpc) is 3.02. The maximum atomic E-state index is 12.3. The second-order valence-electron chi connectivity index (χ2n) is 7.03. The summed E-state index contributed by atoms with van der Waals surface area (Å²) in [6.07, 6.45) is 9.13. The van der Waals surface area contributed by atoms with Crippen molar-refractivity contribution in [3.63, 3.8) is 0 Å². The Kier molecular flexibility index (Phi) is 6.99. The zero-order valence-corrected chi connectivity index (χ0v) is 14.8. The molecule has 0 bridgehead atoms. The van der Waals surface area contributed by atoms with Crippen molar-refractivity contribution >= 4 is 5.91 Å². The number of tetrazole rings is 1. The lowest BCUT2D eigenvalue weighted by Gasteiger charge is -2.27. The van der Waals surface area contributed by atoms with Gasteiger partial charge in [-0.25, -0.2) is 4.68 Å². The first-order chi connectivity index (χ1) is 11.1. The molecule has 1 fully saturated rings. The summed E-state index contributed by atoms with van der Waals surface area (Å²) in [5.41, 5.74) is 0. The second kappa shape index (κ2) is 8.99. The van der Waals surface area contributed by atoms with E-state index in [1.807, 2.05) is 4.68 Å². The molecule has 1 saturated carbocycles. The highest BCUT2D eigenvalue weighted by molar-refractivity contribution is 5.78. The third-order valence-corrected chi connectivity index (χ3v) is 4.88. The van der Waals surface area contributed by atoms with Crippen molar-refractivity contribution in [2.24, 2.45) is 11.8 Å². The Balaban J connectivity index is 1.68. The van der Waals surface area contributed by atoms with E-state index >= 15 is 0 Å². The fourth-order valence-electron chi connectivity index (χ4n) is 3.43. The van der Waals surface area contributed by atoms with E-state index in [4.69, 9.17) is 0 Å². The highest BCUT2D eigenvalue weighted by Gasteiger charge is 2.25. The van der Waals surface area contributed by atoms with Crippen LogP contribution in [0.25, 0.3) is 0 Å². The number of nitrogens with one attached hydrogen (secondary N) is 1. The van der Waals surface area contributed by atoms with E-state index in [1.54, 1.807) is 0 Å². The Morgan fingerprint density at radius 3 is 2.70 bits per heavy atom. The summed E-state index contributed by atoms with van der Waals surface area (Å²) < 4.78 is 1.81.